The Morgan fingerprint density at radius 3 is 3.00 bits per heavy atom. The molecule has 1 aromatic carbocycles. The van der Waals surface area contributed by atoms with Crippen molar-refractivity contribution in [3.8, 4) is 0 Å². The summed E-state index contributed by atoms with van der Waals surface area (Å²) >= 11 is 0. The second kappa shape index (κ2) is 7.75. The number of ether oxygens (including phenoxy) is 1. The SMILES string of the molecule is C[C@H](OCCCN[C@@H]1CCCc2c1cnn2C)c1ccccc1. The second-order valence-corrected chi connectivity index (χ2v) is 6.35. The van der Waals surface area contributed by atoms with Crippen LogP contribution in [0.5, 0.6) is 0 Å². The maximum atomic E-state index is 5.93. The average molecular weight is 313 g/mol. The van der Waals surface area contributed by atoms with E-state index in [-0.39, 0.29) is 6.10 Å². The van der Waals surface area contributed by atoms with Crippen LogP contribution in [0.2, 0.25) is 0 Å². The van der Waals surface area contributed by atoms with Gasteiger partial charge in [-0.25, -0.2) is 0 Å². The molecule has 0 bridgehead atoms. The van der Waals surface area contributed by atoms with Crippen LogP contribution in [-0.4, -0.2) is 22.9 Å². The standard InChI is InChI=1S/C19H27N3O/c1-15(16-8-4-3-5-9-16)23-13-7-12-20-18-10-6-11-19-17(18)14-21-22(19)2/h3-5,8-9,14-15,18,20H,6-7,10-13H2,1-2H3/t15-,18+/m0/s1. The van der Waals surface area contributed by atoms with Gasteiger partial charge in [0.1, 0.15) is 0 Å². The lowest BCUT2D eigenvalue weighted by molar-refractivity contribution is 0.0636. The smallest absolute Gasteiger partial charge is 0.0796 e. The maximum Gasteiger partial charge on any atom is 0.0796 e. The van der Waals surface area contributed by atoms with Gasteiger partial charge in [0.15, 0.2) is 0 Å². The lowest BCUT2D eigenvalue weighted by Gasteiger charge is -2.24. The maximum absolute atomic E-state index is 5.93. The second-order valence-electron chi connectivity index (χ2n) is 6.35. The van der Waals surface area contributed by atoms with Crippen LogP contribution in [0.3, 0.4) is 0 Å². The first-order chi connectivity index (χ1) is 11.3. The van der Waals surface area contributed by atoms with E-state index in [1.807, 2.05) is 24.0 Å². The zero-order chi connectivity index (χ0) is 16.1. The number of rotatable bonds is 7. The van der Waals surface area contributed by atoms with Crippen molar-refractivity contribution in [1.82, 2.24) is 15.1 Å². The zero-order valence-corrected chi connectivity index (χ0v) is 14.2. The van der Waals surface area contributed by atoms with Crippen LogP contribution in [0.15, 0.2) is 36.5 Å². The van der Waals surface area contributed by atoms with E-state index in [1.54, 1.807) is 0 Å². The highest BCUT2D eigenvalue weighted by atomic mass is 16.5. The molecule has 1 aromatic heterocycles. The van der Waals surface area contributed by atoms with Gasteiger partial charge in [0.05, 0.1) is 12.3 Å². The van der Waals surface area contributed by atoms with E-state index in [4.69, 9.17) is 4.74 Å². The molecule has 3 rings (SSSR count). The Kier molecular flexibility index (Phi) is 5.47. The summed E-state index contributed by atoms with van der Waals surface area (Å²) < 4.78 is 7.96. The van der Waals surface area contributed by atoms with Crippen molar-refractivity contribution >= 4 is 0 Å². The summed E-state index contributed by atoms with van der Waals surface area (Å²) in [5.74, 6) is 0. The summed E-state index contributed by atoms with van der Waals surface area (Å²) in [6.07, 6.45) is 6.83. The van der Waals surface area contributed by atoms with E-state index < -0.39 is 0 Å². The fourth-order valence-corrected chi connectivity index (χ4v) is 3.35. The Labute approximate surface area is 138 Å². The lowest BCUT2D eigenvalue weighted by atomic mass is 9.93. The molecule has 2 aromatic rings. The molecule has 1 aliphatic carbocycles. The summed E-state index contributed by atoms with van der Waals surface area (Å²) in [7, 11) is 2.04. The van der Waals surface area contributed by atoms with Gasteiger partial charge in [0.25, 0.3) is 0 Å². The molecule has 0 saturated carbocycles. The summed E-state index contributed by atoms with van der Waals surface area (Å²) in [5, 5.41) is 8.07. The molecule has 1 heterocycles. The third-order valence-corrected chi connectivity index (χ3v) is 4.72. The quantitative estimate of drug-likeness (QED) is 0.795. The number of fused-ring (bicyclic) bond motifs is 1. The van der Waals surface area contributed by atoms with Crippen LogP contribution in [-0.2, 0) is 18.2 Å². The summed E-state index contributed by atoms with van der Waals surface area (Å²) in [6.45, 7) is 3.89. The Morgan fingerprint density at radius 2 is 2.17 bits per heavy atom. The van der Waals surface area contributed by atoms with Crippen LogP contribution in [0.1, 0.15) is 55.2 Å². The van der Waals surface area contributed by atoms with E-state index in [2.05, 4.69) is 41.6 Å². The molecule has 0 fully saturated rings. The number of aromatic nitrogens is 2. The van der Waals surface area contributed by atoms with Gasteiger partial charge in [-0.2, -0.15) is 5.10 Å². The van der Waals surface area contributed by atoms with Crippen molar-refractivity contribution in [3.63, 3.8) is 0 Å². The van der Waals surface area contributed by atoms with Crippen molar-refractivity contribution in [2.75, 3.05) is 13.2 Å². The van der Waals surface area contributed by atoms with Crippen LogP contribution >= 0.6 is 0 Å². The Hall–Kier alpha value is -1.65. The molecule has 4 nitrogen and oxygen atoms in total. The highest BCUT2D eigenvalue weighted by Crippen LogP contribution is 2.28. The Balaban J connectivity index is 1.39. The summed E-state index contributed by atoms with van der Waals surface area (Å²) in [5.41, 5.74) is 4.02. The van der Waals surface area contributed by atoms with Gasteiger partial charge in [-0.3, -0.25) is 4.68 Å². The first kappa shape index (κ1) is 16.2. The molecule has 0 saturated heterocycles. The molecule has 0 radical (unpaired) electrons. The molecular weight excluding hydrogens is 286 g/mol. The van der Waals surface area contributed by atoms with E-state index in [0.717, 1.165) is 26.0 Å². The lowest BCUT2D eigenvalue weighted by Crippen LogP contribution is -2.26. The molecule has 124 valence electrons. The van der Waals surface area contributed by atoms with Crippen molar-refractivity contribution in [2.24, 2.45) is 7.05 Å². The van der Waals surface area contributed by atoms with Crippen LogP contribution in [0.4, 0.5) is 0 Å². The van der Waals surface area contributed by atoms with Crippen LogP contribution in [0.25, 0.3) is 0 Å². The van der Waals surface area contributed by atoms with Gasteiger partial charge in [-0.05, 0) is 44.7 Å². The van der Waals surface area contributed by atoms with Gasteiger partial charge < -0.3 is 10.1 Å². The predicted octanol–water partition coefficient (Wildman–Crippen LogP) is 3.56. The van der Waals surface area contributed by atoms with Crippen molar-refractivity contribution in [1.29, 1.82) is 0 Å². The fourth-order valence-electron chi connectivity index (χ4n) is 3.35. The van der Waals surface area contributed by atoms with E-state index in [9.17, 15) is 0 Å². The number of nitrogens with zero attached hydrogens (tertiary/aromatic N) is 2. The van der Waals surface area contributed by atoms with Crippen molar-refractivity contribution in [3.05, 3.63) is 53.3 Å². The third kappa shape index (κ3) is 4.01. The van der Waals surface area contributed by atoms with Gasteiger partial charge in [-0.15, -0.1) is 0 Å². The van der Waals surface area contributed by atoms with E-state index >= 15 is 0 Å². The minimum Gasteiger partial charge on any atom is -0.374 e. The number of aryl methyl sites for hydroxylation is 1. The molecule has 1 N–H and O–H groups in total. The van der Waals surface area contributed by atoms with Gasteiger partial charge in [-0.1, -0.05) is 30.3 Å². The third-order valence-electron chi connectivity index (χ3n) is 4.72. The minimum absolute atomic E-state index is 0.163. The normalized spacial score (nSPS) is 18.6. The van der Waals surface area contributed by atoms with Crippen LogP contribution in [0, 0.1) is 0 Å². The van der Waals surface area contributed by atoms with Gasteiger partial charge in [0.2, 0.25) is 0 Å². The van der Waals surface area contributed by atoms with Crippen molar-refractivity contribution < 1.29 is 4.74 Å². The molecule has 0 spiro atoms. The Bertz CT molecular complexity index is 608. The largest absolute Gasteiger partial charge is 0.374 e. The average Bonchev–Trinajstić information content (AvgIpc) is 2.97. The molecule has 0 unspecified atom stereocenters. The molecule has 2 atom stereocenters. The van der Waals surface area contributed by atoms with Crippen molar-refractivity contribution in [2.45, 2.75) is 44.8 Å². The van der Waals surface area contributed by atoms with E-state index in [1.165, 1.54) is 29.7 Å². The Morgan fingerprint density at radius 1 is 1.35 bits per heavy atom. The highest BCUT2D eigenvalue weighted by Gasteiger charge is 2.22. The minimum atomic E-state index is 0.163. The molecular formula is C19H27N3O. The molecule has 0 amide bonds. The highest BCUT2D eigenvalue weighted by molar-refractivity contribution is 5.24. The predicted molar refractivity (Wildman–Crippen MR) is 92.3 cm³/mol. The monoisotopic (exact) mass is 313 g/mol. The topological polar surface area (TPSA) is 39.1 Å². The number of benzene rings is 1. The summed E-state index contributed by atoms with van der Waals surface area (Å²) in [6, 6.07) is 10.9. The molecule has 23 heavy (non-hydrogen) atoms. The number of hydrogen-bond acceptors (Lipinski definition) is 3. The summed E-state index contributed by atoms with van der Waals surface area (Å²) in [4.78, 5) is 0. The van der Waals surface area contributed by atoms with Gasteiger partial charge in [0, 0.05) is 31.0 Å². The molecule has 1 aliphatic rings. The zero-order valence-electron chi connectivity index (χ0n) is 14.2. The van der Waals surface area contributed by atoms with E-state index in [0.29, 0.717) is 6.04 Å². The molecule has 0 aliphatic heterocycles. The first-order valence-electron chi connectivity index (χ1n) is 8.66. The number of hydrogen-bond donors (Lipinski definition) is 1. The first-order valence-corrected chi connectivity index (χ1v) is 8.66. The van der Waals surface area contributed by atoms with Crippen LogP contribution < -0.4 is 5.32 Å². The fraction of sp³-hybridized carbons (Fsp3) is 0.526. The number of nitrogens with one attached hydrogen (secondary N) is 1. The van der Waals surface area contributed by atoms with Gasteiger partial charge >= 0.3 is 0 Å². The molecule has 4 heteroatoms.